The minimum atomic E-state index is -0.810. The van der Waals surface area contributed by atoms with Gasteiger partial charge >= 0.3 is 0 Å². The highest BCUT2D eigenvalue weighted by molar-refractivity contribution is 14.1. The molecule has 0 aromatic carbocycles. The Kier molecular flexibility index (Phi) is 1.78. The number of nitrogens with two attached hydrogens (primary N) is 2. The molecule has 0 bridgehead atoms. The van der Waals surface area contributed by atoms with E-state index in [1.807, 2.05) is 41.2 Å². The van der Waals surface area contributed by atoms with Gasteiger partial charge in [-0.05, 0) is 12.2 Å². The van der Waals surface area contributed by atoms with Crippen molar-refractivity contribution in [1.82, 2.24) is 3.11 Å². The molecule has 0 aromatic heterocycles. The predicted octanol–water partition coefficient (Wildman–Crippen LogP) is 0.293. The first-order chi connectivity index (χ1) is 4.13. The first kappa shape index (κ1) is 7.04. The summed E-state index contributed by atoms with van der Waals surface area (Å²) in [6.45, 7) is 0. The minimum absolute atomic E-state index is 0.810. The maximum Gasteiger partial charge on any atom is 0.169 e. The summed E-state index contributed by atoms with van der Waals surface area (Å²) >= 11 is 2.04. The van der Waals surface area contributed by atoms with E-state index >= 15 is 0 Å². The molecule has 0 radical (unpaired) electrons. The fraction of sp³-hybridized carbons (Fsp3) is 0.200. The van der Waals surface area contributed by atoms with Crippen molar-refractivity contribution in [3.8, 4) is 0 Å². The number of halogens is 1. The molecular weight excluding hydrogens is 229 g/mol. The van der Waals surface area contributed by atoms with Crippen molar-refractivity contribution in [3.05, 3.63) is 24.4 Å². The van der Waals surface area contributed by atoms with Crippen LogP contribution in [0.25, 0.3) is 0 Å². The van der Waals surface area contributed by atoms with E-state index in [0.717, 1.165) is 0 Å². The van der Waals surface area contributed by atoms with Gasteiger partial charge in [0.05, 0.1) is 22.9 Å². The molecule has 3 nitrogen and oxygen atoms in total. The zero-order chi connectivity index (χ0) is 6.91. The molecule has 4 N–H and O–H groups in total. The monoisotopic (exact) mass is 237 g/mol. The second kappa shape index (κ2) is 2.28. The highest BCUT2D eigenvalue weighted by Crippen LogP contribution is 2.14. The van der Waals surface area contributed by atoms with Gasteiger partial charge in [-0.25, -0.2) is 0 Å². The zero-order valence-electron chi connectivity index (χ0n) is 4.79. The van der Waals surface area contributed by atoms with Crippen molar-refractivity contribution < 1.29 is 0 Å². The van der Waals surface area contributed by atoms with Crippen LogP contribution in [0.4, 0.5) is 0 Å². The Morgan fingerprint density at radius 3 is 2.33 bits per heavy atom. The summed E-state index contributed by atoms with van der Waals surface area (Å²) in [6, 6.07) is 0. The highest BCUT2D eigenvalue weighted by atomic mass is 127. The third-order valence-electron chi connectivity index (χ3n) is 1.06. The van der Waals surface area contributed by atoms with Crippen LogP contribution < -0.4 is 11.5 Å². The molecule has 0 spiro atoms. The zero-order valence-corrected chi connectivity index (χ0v) is 6.95. The van der Waals surface area contributed by atoms with Gasteiger partial charge < -0.3 is 0 Å². The number of hydrogen-bond donors (Lipinski definition) is 2. The summed E-state index contributed by atoms with van der Waals surface area (Å²) in [5.74, 6) is -0.810. The predicted molar refractivity (Wildman–Crippen MR) is 45.2 cm³/mol. The van der Waals surface area contributed by atoms with Crippen molar-refractivity contribution in [1.29, 1.82) is 0 Å². The van der Waals surface area contributed by atoms with Crippen LogP contribution in [0, 0.1) is 0 Å². The first-order valence-electron chi connectivity index (χ1n) is 2.52. The smallest absolute Gasteiger partial charge is 0.169 e. The molecule has 0 aromatic rings. The lowest BCUT2D eigenvalue weighted by Gasteiger charge is -2.30. The van der Waals surface area contributed by atoms with Crippen LogP contribution in [0.2, 0.25) is 0 Å². The summed E-state index contributed by atoms with van der Waals surface area (Å²) in [5.41, 5.74) is 11.2. The van der Waals surface area contributed by atoms with Crippen LogP contribution in [0.15, 0.2) is 24.4 Å². The van der Waals surface area contributed by atoms with Crippen molar-refractivity contribution in [2.45, 2.75) is 5.79 Å². The highest BCUT2D eigenvalue weighted by Gasteiger charge is 2.20. The van der Waals surface area contributed by atoms with Crippen LogP contribution >= 0.6 is 22.9 Å². The molecule has 0 unspecified atom stereocenters. The fourth-order valence-electron chi connectivity index (χ4n) is 0.535. The van der Waals surface area contributed by atoms with Crippen molar-refractivity contribution in [2.24, 2.45) is 11.5 Å². The lowest BCUT2D eigenvalue weighted by Crippen LogP contribution is -2.56. The van der Waals surface area contributed by atoms with Crippen LogP contribution in [0.1, 0.15) is 0 Å². The van der Waals surface area contributed by atoms with E-state index in [9.17, 15) is 0 Å². The SMILES string of the molecule is NC1(N)C=CC=CN1I. The molecule has 0 amide bonds. The molecular formula is C5H8IN3. The molecule has 50 valence electrons. The molecule has 1 aliphatic heterocycles. The second-order valence-corrected chi connectivity index (χ2v) is 2.94. The molecule has 9 heavy (non-hydrogen) atoms. The first-order valence-corrected chi connectivity index (χ1v) is 3.48. The molecule has 0 fully saturated rings. The lowest BCUT2D eigenvalue weighted by molar-refractivity contribution is 0.375. The van der Waals surface area contributed by atoms with Crippen molar-refractivity contribution in [3.63, 3.8) is 0 Å². The van der Waals surface area contributed by atoms with Crippen LogP contribution in [0.3, 0.4) is 0 Å². The van der Waals surface area contributed by atoms with E-state index in [-0.39, 0.29) is 0 Å². The van der Waals surface area contributed by atoms with Gasteiger partial charge in [0, 0.05) is 6.20 Å². The van der Waals surface area contributed by atoms with E-state index in [4.69, 9.17) is 11.5 Å². The van der Waals surface area contributed by atoms with Gasteiger partial charge in [-0.3, -0.25) is 14.6 Å². The second-order valence-electron chi connectivity index (χ2n) is 1.90. The lowest BCUT2D eigenvalue weighted by atomic mass is 10.3. The Morgan fingerprint density at radius 1 is 1.33 bits per heavy atom. The summed E-state index contributed by atoms with van der Waals surface area (Å²) in [6.07, 6.45) is 7.26. The Labute approximate surface area is 67.9 Å². The van der Waals surface area contributed by atoms with Gasteiger partial charge in [0.1, 0.15) is 0 Å². The number of allylic oxidation sites excluding steroid dienone is 2. The summed E-state index contributed by atoms with van der Waals surface area (Å²) in [5, 5.41) is 0. The quantitative estimate of drug-likeness (QED) is 0.361. The number of rotatable bonds is 0. The van der Waals surface area contributed by atoms with Gasteiger partial charge in [-0.15, -0.1) is 0 Å². The topological polar surface area (TPSA) is 55.3 Å². The molecule has 0 atom stereocenters. The van der Waals surface area contributed by atoms with Gasteiger partial charge in [0.15, 0.2) is 5.79 Å². The number of nitrogens with zero attached hydrogens (tertiary/aromatic N) is 1. The Morgan fingerprint density at radius 2 is 2.00 bits per heavy atom. The number of hydrogen-bond acceptors (Lipinski definition) is 3. The molecule has 1 rings (SSSR count). The van der Waals surface area contributed by atoms with Gasteiger partial charge in [0.2, 0.25) is 0 Å². The molecule has 0 saturated carbocycles. The Balaban J connectivity index is 2.78. The molecule has 0 saturated heterocycles. The normalized spacial score (nSPS) is 22.8. The Hall–Kier alpha value is -0.0700. The van der Waals surface area contributed by atoms with E-state index in [0.29, 0.717) is 0 Å². The van der Waals surface area contributed by atoms with E-state index in [1.54, 1.807) is 9.19 Å². The fourth-order valence-corrected chi connectivity index (χ4v) is 0.882. The van der Waals surface area contributed by atoms with Crippen molar-refractivity contribution in [2.75, 3.05) is 0 Å². The van der Waals surface area contributed by atoms with E-state index in [1.165, 1.54) is 0 Å². The molecule has 1 aliphatic rings. The average Bonchev–Trinajstić information content (AvgIpc) is 1.77. The standard InChI is InChI=1S/C5H8IN3/c6-9-4-2-1-3-5(9,7)8/h1-4H,7-8H2. The molecule has 0 aliphatic carbocycles. The van der Waals surface area contributed by atoms with Crippen LogP contribution in [0.5, 0.6) is 0 Å². The maximum absolute atomic E-state index is 5.58. The summed E-state index contributed by atoms with van der Waals surface area (Å²) in [4.78, 5) is 0. The average molecular weight is 237 g/mol. The third kappa shape index (κ3) is 1.44. The van der Waals surface area contributed by atoms with Crippen molar-refractivity contribution >= 4 is 22.9 Å². The minimum Gasteiger partial charge on any atom is -0.292 e. The molecule has 4 heteroatoms. The van der Waals surface area contributed by atoms with E-state index in [2.05, 4.69) is 0 Å². The Bertz CT molecular complexity index is 162. The molecule has 1 heterocycles. The largest absolute Gasteiger partial charge is 0.292 e. The third-order valence-corrected chi connectivity index (χ3v) is 2.22. The summed E-state index contributed by atoms with van der Waals surface area (Å²) < 4.78 is 1.71. The van der Waals surface area contributed by atoms with Crippen LogP contribution in [-0.4, -0.2) is 8.90 Å². The van der Waals surface area contributed by atoms with Gasteiger partial charge in [-0.2, -0.15) is 0 Å². The maximum atomic E-state index is 5.58. The van der Waals surface area contributed by atoms with Gasteiger partial charge in [0.25, 0.3) is 0 Å². The van der Waals surface area contributed by atoms with Gasteiger partial charge in [-0.1, -0.05) is 6.08 Å². The van der Waals surface area contributed by atoms with E-state index < -0.39 is 5.79 Å². The van der Waals surface area contributed by atoms with Crippen LogP contribution in [-0.2, 0) is 0 Å². The summed E-state index contributed by atoms with van der Waals surface area (Å²) in [7, 11) is 0.